The van der Waals surface area contributed by atoms with Gasteiger partial charge in [0.25, 0.3) is 10.1 Å². The van der Waals surface area contributed by atoms with Crippen LogP contribution in [0.2, 0.25) is 0 Å². The summed E-state index contributed by atoms with van der Waals surface area (Å²) < 4.78 is 26.8. The molecule has 0 aromatic carbocycles. The fourth-order valence-electron chi connectivity index (χ4n) is 1.17. The van der Waals surface area contributed by atoms with Crippen LogP contribution >= 0.6 is 0 Å². The predicted octanol–water partition coefficient (Wildman–Crippen LogP) is -1.82. The van der Waals surface area contributed by atoms with Gasteiger partial charge in [-0.05, 0) is 0 Å². The Bertz CT molecular complexity index is 316. The molecule has 0 unspecified atom stereocenters. The van der Waals surface area contributed by atoms with Gasteiger partial charge in [0, 0.05) is 12.4 Å². The Kier molecular flexibility index (Phi) is 4.69. The van der Waals surface area contributed by atoms with Crippen molar-refractivity contribution in [2.75, 3.05) is 33.9 Å². The van der Waals surface area contributed by atoms with E-state index in [9.17, 15) is 18.3 Å². The van der Waals surface area contributed by atoms with Crippen LogP contribution in [0.1, 0.15) is 6.42 Å². The number of carboxylic acids is 1. The van der Waals surface area contributed by atoms with Gasteiger partial charge in [-0.1, -0.05) is 0 Å². The van der Waals surface area contributed by atoms with Gasteiger partial charge in [0.1, 0.15) is 12.6 Å². The lowest BCUT2D eigenvalue weighted by Gasteiger charge is -2.28. The van der Waals surface area contributed by atoms with Crippen LogP contribution in [0.4, 0.5) is 0 Å². The van der Waals surface area contributed by atoms with E-state index in [-0.39, 0.29) is 6.54 Å². The van der Waals surface area contributed by atoms with E-state index in [4.69, 9.17) is 0 Å². The molecule has 0 aromatic rings. The van der Waals surface area contributed by atoms with Crippen LogP contribution in [-0.2, 0) is 19.1 Å². The number of rotatable bonds is 6. The maximum absolute atomic E-state index is 10.9. The third kappa shape index (κ3) is 9.64. The van der Waals surface area contributed by atoms with Gasteiger partial charge in [-0.3, -0.25) is 4.18 Å². The molecule has 0 N–H and O–H groups in total. The van der Waals surface area contributed by atoms with Crippen molar-refractivity contribution in [3.05, 3.63) is 0 Å². The van der Waals surface area contributed by atoms with Gasteiger partial charge < -0.3 is 14.4 Å². The Morgan fingerprint density at radius 1 is 1.40 bits per heavy atom. The van der Waals surface area contributed by atoms with E-state index in [0.717, 1.165) is 6.26 Å². The molecule has 0 aliphatic carbocycles. The van der Waals surface area contributed by atoms with E-state index in [2.05, 4.69) is 4.18 Å². The van der Waals surface area contributed by atoms with Gasteiger partial charge in [0.05, 0.1) is 27.4 Å². The van der Waals surface area contributed by atoms with Crippen LogP contribution in [0.5, 0.6) is 0 Å². The summed E-state index contributed by atoms with van der Waals surface area (Å²) >= 11 is 0. The minimum atomic E-state index is -3.64. The summed E-state index contributed by atoms with van der Waals surface area (Å²) in [5, 5.41) is 10.4. The molecule has 0 radical (unpaired) electrons. The lowest BCUT2D eigenvalue weighted by Crippen LogP contribution is -2.45. The number of aliphatic carboxylic acids is 1. The fraction of sp³-hybridized carbons (Fsp3) is 0.875. The van der Waals surface area contributed by atoms with Crippen LogP contribution in [0.15, 0.2) is 0 Å². The molecule has 15 heavy (non-hydrogen) atoms. The first-order chi connectivity index (χ1) is 6.49. The van der Waals surface area contributed by atoms with E-state index < -0.39 is 28.6 Å². The molecule has 0 fully saturated rings. The van der Waals surface area contributed by atoms with Gasteiger partial charge in [0.2, 0.25) is 0 Å². The lowest BCUT2D eigenvalue weighted by molar-refractivity contribution is -0.873. The molecular formula is C8H17NO5S. The topological polar surface area (TPSA) is 83.5 Å². The summed E-state index contributed by atoms with van der Waals surface area (Å²) in [6.07, 6.45) is -0.418. The van der Waals surface area contributed by atoms with Gasteiger partial charge in [0.15, 0.2) is 0 Å². The Morgan fingerprint density at radius 3 is 2.13 bits per heavy atom. The Labute approximate surface area is 90.2 Å². The maximum atomic E-state index is 10.9. The number of hydrogen-bond acceptors (Lipinski definition) is 5. The van der Waals surface area contributed by atoms with Gasteiger partial charge in [-0.25, -0.2) is 0 Å². The zero-order valence-electron chi connectivity index (χ0n) is 9.39. The molecule has 1 atom stereocenters. The predicted molar refractivity (Wildman–Crippen MR) is 52.2 cm³/mol. The normalized spacial score (nSPS) is 14.9. The van der Waals surface area contributed by atoms with Crippen molar-refractivity contribution in [2.45, 2.75) is 12.5 Å². The average molecular weight is 239 g/mol. The van der Waals surface area contributed by atoms with Gasteiger partial charge >= 0.3 is 0 Å². The highest BCUT2D eigenvalue weighted by Gasteiger charge is 2.22. The minimum absolute atomic E-state index is 0.279. The molecule has 0 saturated heterocycles. The molecule has 0 spiro atoms. The van der Waals surface area contributed by atoms with Crippen LogP contribution in [0, 0.1) is 0 Å². The Morgan fingerprint density at radius 2 is 1.87 bits per heavy atom. The SMILES string of the molecule is C[N+](C)(C)C[C@@H](CC(=O)[O-])OS(C)(=O)=O. The van der Waals surface area contributed by atoms with Crippen molar-refractivity contribution in [1.82, 2.24) is 0 Å². The summed E-state index contributed by atoms with van der Waals surface area (Å²) in [6.45, 7) is 0.279. The number of quaternary nitrogens is 1. The largest absolute Gasteiger partial charge is 0.550 e. The number of carbonyl (C=O) groups is 1. The van der Waals surface area contributed by atoms with E-state index in [1.807, 2.05) is 21.1 Å². The average Bonchev–Trinajstić information content (AvgIpc) is 1.73. The minimum Gasteiger partial charge on any atom is -0.550 e. The Hall–Kier alpha value is -0.660. The lowest BCUT2D eigenvalue weighted by atomic mass is 10.2. The van der Waals surface area contributed by atoms with Gasteiger partial charge in [-0.2, -0.15) is 8.42 Å². The molecule has 0 saturated carbocycles. The van der Waals surface area contributed by atoms with Crippen molar-refractivity contribution in [2.24, 2.45) is 0 Å². The molecule has 0 amide bonds. The Balaban J connectivity index is 4.53. The molecule has 7 heteroatoms. The van der Waals surface area contributed by atoms with Gasteiger partial charge in [-0.15, -0.1) is 0 Å². The van der Waals surface area contributed by atoms with Crippen LogP contribution < -0.4 is 5.11 Å². The van der Waals surface area contributed by atoms with E-state index in [0.29, 0.717) is 4.48 Å². The number of carbonyl (C=O) groups excluding carboxylic acids is 1. The summed E-state index contributed by atoms with van der Waals surface area (Å²) in [5.41, 5.74) is 0. The highest BCUT2D eigenvalue weighted by molar-refractivity contribution is 7.86. The number of nitrogens with zero attached hydrogens (tertiary/aromatic N) is 1. The standard InChI is InChI=1S/C8H17NO5S/c1-9(2,3)6-7(5-8(10)11)14-15(4,12)13/h7H,5-6H2,1-4H3/t7-/m1/s1. The molecular weight excluding hydrogens is 222 g/mol. The first-order valence-electron chi connectivity index (χ1n) is 4.38. The quantitative estimate of drug-likeness (QED) is 0.402. The number of carboxylic acid groups (broad SMARTS) is 1. The van der Waals surface area contributed by atoms with Crippen LogP contribution in [0.25, 0.3) is 0 Å². The highest BCUT2D eigenvalue weighted by atomic mass is 32.2. The number of likely N-dealkylation sites (N-methyl/N-ethyl adjacent to an activating group) is 1. The van der Waals surface area contributed by atoms with E-state index in [1.54, 1.807) is 0 Å². The molecule has 6 nitrogen and oxygen atoms in total. The molecule has 0 aliphatic heterocycles. The number of hydrogen-bond donors (Lipinski definition) is 0. The second kappa shape index (κ2) is 4.91. The zero-order valence-corrected chi connectivity index (χ0v) is 10.2. The van der Waals surface area contributed by atoms with Crippen molar-refractivity contribution in [1.29, 1.82) is 0 Å². The monoisotopic (exact) mass is 239 g/mol. The molecule has 0 rings (SSSR count). The first-order valence-corrected chi connectivity index (χ1v) is 6.20. The highest BCUT2D eigenvalue weighted by Crippen LogP contribution is 2.07. The summed E-state index contributed by atoms with van der Waals surface area (Å²) in [5.74, 6) is -1.32. The zero-order chi connectivity index (χ0) is 12.3. The van der Waals surface area contributed by atoms with E-state index in [1.165, 1.54) is 0 Å². The molecule has 0 aromatic heterocycles. The summed E-state index contributed by atoms with van der Waals surface area (Å²) in [6, 6.07) is 0. The third-order valence-corrected chi connectivity index (χ3v) is 2.08. The van der Waals surface area contributed by atoms with E-state index >= 15 is 0 Å². The molecule has 0 heterocycles. The summed E-state index contributed by atoms with van der Waals surface area (Å²) in [7, 11) is 1.80. The van der Waals surface area contributed by atoms with Crippen molar-refractivity contribution in [3.63, 3.8) is 0 Å². The van der Waals surface area contributed by atoms with Crippen LogP contribution in [0.3, 0.4) is 0 Å². The molecule has 0 aliphatic rings. The van der Waals surface area contributed by atoms with Crippen LogP contribution in [-0.4, -0.2) is 58.9 Å². The second-order valence-electron chi connectivity index (χ2n) is 4.47. The first kappa shape index (κ1) is 14.3. The van der Waals surface area contributed by atoms with Crippen molar-refractivity contribution in [3.8, 4) is 0 Å². The second-order valence-corrected chi connectivity index (χ2v) is 6.07. The molecule has 90 valence electrons. The van der Waals surface area contributed by atoms with Crippen molar-refractivity contribution >= 4 is 16.1 Å². The third-order valence-electron chi connectivity index (χ3n) is 1.46. The summed E-state index contributed by atoms with van der Waals surface area (Å²) in [4.78, 5) is 10.4. The molecule has 0 bridgehead atoms. The van der Waals surface area contributed by atoms with Crippen molar-refractivity contribution < 1.29 is 27.0 Å². The maximum Gasteiger partial charge on any atom is 0.264 e. The fourth-order valence-corrected chi connectivity index (χ4v) is 1.80. The smallest absolute Gasteiger partial charge is 0.264 e.